The van der Waals surface area contributed by atoms with E-state index in [-0.39, 0.29) is 12.7 Å². The predicted molar refractivity (Wildman–Crippen MR) is 131 cm³/mol. The first-order valence-corrected chi connectivity index (χ1v) is 12.3. The van der Waals surface area contributed by atoms with Gasteiger partial charge in [-0.15, -0.1) is 0 Å². The number of benzene rings is 2. The van der Waals surface area contributed by atoms with Gasteiger partial charge in [0, 0.05) is 11.4 Å². The molecule has 2 aliphatic heterocycles. The van der Waals surface area contributed by atoms with Crippen LogP contribution in [-0.4, -0.2) is 77.7 Å². The smallest absolute Gasteiger partial charge is 0.322 e. The summed E-state index contributed by atoms with van der Waals surface area (Å²) in [6.45, 7) is 2.47. The lowest BCUT2D eigenvalue weighted by molar-refractivity contribution is -0.234. The standard InChI is InChI=1S/C26H32ClNO8/c1-14(28)26(32)34-13-21-22(29)23(30)24(31)25(36-21)16-4-7-20(27)17(11-16)10-15-2-5-18(6-3-15)35-19-8-9-33-12-19/h2-7,11,14,19,21-25,29-31H,8-10,12-13,28H2,1H3/t14-,19+,21+,22+,23-,24+,25-/m0/s1. The lowest BCUT2D eigenvalue weighted by atomic mass is 9.90. The minimum absolute atomic E-state index is 0.0730. The molecule has 196 valence electrons. The van der Waals surface area contributed by atoms with Gasteiger partial charge in [0.25, 0.3) is 0 Å². The highest BCUT2D eigenvalue weighted by atomic mass is 35.5. The molecule has 2 saturated heterocycles. The molecule has 10 heteroatoms. The van der Waals surface area contributed by atoms with Gasteiger partial charge in [-0.05, 0) is 48.2 Å². The Morgan fingerprint density at radius 3 is 2.56 bits per heavy atom. The molecule has 2 heterocycles. The summed E-state index contributed by atoms with van der Waals surface area (Å²) in [5.74, 6) is 0.112. The number of carbonyl (C=O) groups excluding carboxylic acids is 1. The van der Waals surface area contributed by atoms with E-state index in [2.05, 4.69) is 0 Å². The molecule has 0 bridgehead atoms. The van der Waals surface area contributed by atoms with Gasteiger partial charge < -0.3 is 40.0 Å². The maximum Gasteiger partial charge on any atom is 0.322 e. The number of ether oxygens (including phenoxy) is 4. The van der Waals surface area contributed by atoms with Crippen molar-refractivity contribution in [1.82, 2.24) is 0 Å². The molecule has 0 spiro atoms. The van der Waals surface area contributed by atoms with E-state index in [1.165, 1.54) is 6.92 Å². The van der Waals surface area contributed by atoms with Crippen LogP contribution in [0.2, 0.25) is 5.02 Å². The van der Waals surface area contributed by atoms with Crippen molar-refractivity contribution in [2.24, 2.45) is 5.73 Å². The minimum atomic E-state index is -1.50. The summed E-state index contributed by atoms with van der Waals surface area (Å²) >= 11 is 6.46. The van der Waals surface area contributed by atoms with Crippen LogP contribution in [0.15, 0.2) is 42.5 Å². The Balaban J connectivity index is 1.46. The highest BCUT2D eigenvalue weighted by molar-refractivity contribution is 6.31. The Morgan fingerprint density at radius 1 is 1.14 bits per heavy atom. The SMILES string of the molecule is C[C@H](N)C(=O)OC[C@H]1O[C@@H](c2ccc(Cl)c(Cc3ccc(O[C@@H]4CCOC4)cc3)c2)[C@H](O)[C@@H](O)[C@@H]1O. The van der Waals surface area contributed by atoms with E-state index in [9.17, 15) is 20.1 Å². The van der Waals surface area contributed by atoms with Crippen LogP contribution in [0.4, 0.5) is 0 Å². The Morgan fingerprint density at radius 2 is 1.89 bits per heavy atom. The monoisotopic (exact) mass is 521 g/mol. The number of esters is 1. The Labute approximate surface area is 214 Å². The normalized spacial score (nSPS) is 29.1. The van der Waals surface area contributed by atoms with Gasteiger partial charge in [0.05, 0.1) is 13.2 Å². The zero-order valence-electron chi connectivity index (χ0n) is 20.0. The van der Waals surface area contributed by atoms with Crippen LogP contribution in [0.5, 0.6) is 5.75 Å². The molecule has 0 unspecified atom stereocenters. The van der Waals surface area contributed by atoms with Crippen LogP contribution >= 0.6 is 11.6 Å². The van der Waals surface area contributed by atoms with Crippen LogP contribution in [0, 0.1) is 0 Å². The third-order valence-corrected chi connectivity index (χ3v) is 6.75. The highest BCUT2D eigenvalue weighted by Gasteiger charge is 2.44. The number of aliphatic hydroxyl groups is 3. The van der Waals surface area contributed by atoms with E-state index >= 15 is 0 Å². The topological polar surface area (TPSA) is 141 Å². The minimum Gasteiger partial charge on any atom is -0.488 e. The number of carbonyl (C=O) groups is 1. The van der Waals surface area contributed by atoms with E-state index in [4.69, 9.17) is 36.3 Å². The first-order valence-electron chi connectivity index (χ1n) is 12.0. The van der Waals surface area contributed by atoms with Crippen molar-refractivity contribution in [3.63, 3.8) is 0 Å². The first-order chi connectivity index (χ1) is 17.2. The lowest BCUT2D eigenvalue weighted by Crippen LogP contribution is -2.55. The number of halogens is 1. The number of hydrogen-bond donors (Lipinski definition) is 4. The molecule has 2 aromatic rings. The number of rotatable bonds is 8. The maximum atomic E-state index is 11.7. The highest BCUT2D eigenvalue weighted by Crippen LogP contribution is 2.35. The zero-order chi connectivity index (χ0) is 25.8. The fraction of sp³-hybridized carbons (Fsp3) is 0.500. The van der Waals surface area contributed by atoms with Gasteiger partial charge in [-0.2, -0.15) is 0 Å². The van der Waals surface area contributed by atoms with Crippen molar-refractivity contribution in [1.29, 1.82) is 0 Å². The zero-order valence-corrected chi connectivity index (χ0v) is 20.7. The fourth-order valence-electron chi connectivity index (χ4n) is 4.27. The number of aliphatic hydroxyl groups excluding tert-OH is 3. The average Bonchev–Trinajstić information content (AvgIpc) is 3.37. The Hall–Kier alpha value is -2.24. The maximum absolute atomic E-state index is 11.7. The molecule has 0 aliphatic carbocycles. The van der Waals surface area contributed by atoms with Crippen LogP contribution < -0.4 is 10.5 Å². The van der Waals surface area contributed by atoms with Crippen LogP contribution in [0.3, 0.4) is 0 Å². The van der Waals surface area contributed by atoms with E-state index < -0.39 is 42.5 Å². The third-order valence-electron chi connectivity index (χ3n) is 6.38. The van der Waals surface area contributed by atoms with Crippen molar-refractivity contribution in [2.45, 2.75) is 62.4 Å². The van der Waals surface area contributed by atoms with E-state index in [1.54, 1.807) is 18.2 Å². The third kappa shape index (κ3) is 6.36. The Bertz CT molecular complexity index is 1030. The van der Waals surface area contributed by atoms with Crippen molar-refractivity contribution in [2.75, 3.05) is 19.8 Å². The number of hydrogen-bond acceptors (Lipinski definition) is 9. The van der Waals surface area contributed by atoms with Gasteiger partial charge >= 0.3 is 5.97 Å². The first kappa shape index (κ1) is 26.8. The molecular weight excluding hydrogens is 490 g/mol. The fourth-order valence-corrected chi connectivity index (χ4v) is 4.46. The predicted octanol–water partition coefficient (Wildman–Crippen LogP) is 1.51. The molecule has 9 nitrogen and oxygen atoms in total. The van der Waals surface area contributed by atoms with Gasteiger partial charge in [-0.3, -0.25) is 4.79 Å². The van der Waals surface area contributed by atoms with Crippen LogP contribution in [-0.2, 0) is 25.4 Å². The summed E-state index contributed by atoms with van der Waals surface area (Å²) < 4.78 is 22.2. The van der Waals surface area contributed by atoms with Gasteiger partial charge in [0.15, 0.2) is 0 Å². The quantitative estimate of drug-likeness (QED) is 0.380. The lowest BCUT2D eigenvalue weighted by Gasteiger charge is -2.40. The molecule has 2 fully saturated rings. The molecule has 4 rings (SSSR count). The molecule has 0 radical (unpaired) electrons. The van der Waals surface area contributed by atoms with Crippen molar-refractivity contribution in [3.8, 4) is 5.75 Å². The van der Waals surface area contributed by atoms with Gasteiger partial charge in [-0.1, -0.05) is 35.9 Å². The second-order valence-corrected chi connectivity index (χ2v) is 9.67. The summed E-state index contributed by atoms with van der Waals surface area (Å²) in [4.78, 5) is 11.7. The average molecular weight is 522 g/mol. The molecule has 5 N–H and O–H groups in total. The van der Waals surface area contributed by atoms with Gasteiger partial charge in [-0.25, -0.2) is 0 Å². The summed E-state index contributed by atoms with van der Waals surface area (Å²) in [5.41, 5.74) is 7.87. The summed E-state index contributed by atoms with van der Waals surface area (Å²) in [5, 5.41) is 31.9. The molecule has 0 saturated carbocycles. The van der Waals surface area contributed by atoms with Crippen LogP contribution in [0.1, 0.15) is 36.1 Å². The summed E-state index contributed by atoms with van der Waals surface area (Å²) in [6, 6.07) is 12.1. The summed E-state index contributed by atoms with van der Waals surface area (Å²) in [7, 11) is 0. The molecule has 0 aromatic heterocycles. The molecule has 2 aromatic carbocycles. The molecule has 7 atom stereocenters. The summed E-state index contributed by atoms with van der Waals surface area (Å²) in [6.07, 6.45) is -4.89. The van der Waals surface area contributed by atoms with E-state index in [1.807, 2.05) is 24.3 Å². The second-order valence-electron chi connectivity index (χ2n) is 9.26. The van der Waals surface area contributed by atoms with Gasteiger partial charge in [0.2, 0.25) is 0 Å². The van der Waals surface area contributed by atoms with E-state index in [0.717, 1.165) is 23.3 Å². The molecule has 0 amide bonds. The van der Waals surface area contributed by atoms with Crippen LogP contribution in [0.25, 0.3) is 0 Å². The number of nitrogens with two attached hydrogens (primary N) is 1. The largest absolute Gasteiger partial charge is 0.488 e. The van der Waals surface area contributed by atoms with Crippen molar-refractivity contribution in [3.05, 3.63) is 64.2 Å². The molecule has 36 heavy (non-hydrogen) atoms. The Kier molecular flexibility index (Phi) is 8.84. The second kappa shape index (κ2) is 11.9. The van der Waals surface area contributed by atoms with Gasteiger partial charge in [0.1, 0.15) is 55.0 Å². The van der Waals surface area contributed by atoms with Crippen molar-refractivity contribution < 1.29 is 39.1 Å². The molecule has 2 aliphatic rings. The van der Waals surface area contributed by atoms with Crippen molar-refractivity contribution >= 4 is 17.6 Å². The molecular formula is C26H32ClNO8. The van der Waals surface area contributed by atoms with E-state index in [0.29, 0.717) is 30.2 Å².